The minimum atomic E-state index is -0.241. The van der Waals surface area contributed by atoms with Crippen LogP contribution in [0.15, 0.2) is 24.3 Å². The van der Waals surface area contributed by atoms with E-state index < -0.39 is 0 Å². The highest BCUT2D eigenvalue weighted by Crippen LogP contribution is 2.24. The highest BCUT2D eigenvalue weighted by atomic mass is 16.5. The van der Waals surface area contributed by atoms with Crippen molar-refractivity contribution in [2.45, 2.75) is 45.1 Å². The lowest BCUT2D eigenvalue weighted by molar-refractivity contribution is -0.121. The van der Waals surface area contributed by atoms with Crippen molar-refractivity contribution in [1.29, 1.82) is 0 Å². The Hall–Kier alpha value is -1.55. The summed E-state index contributed by atoms with van der Waals surface area (Å²) in [6.07, 6.45) is 3.87. The summed E-state index contributed by atoms with van der Waals surface area (Å²) >= 11 is 0. The molecule has 21 heavy (non-hydrogen) atoms. The van der Waals surface area contributed by atoms with Crippen LogP contribution in [0.2, 0.25) is 0 Å². The highest BCUT2D eigenvalue weighted by Gasteiger charge is 2.25. The van der Waals surface area contributed by atoms with Gasteiger partial charge < -0.3 is 15.2 Å². The van der Waals surface area contributed by atoms with Crippen LogP contribution in [0.3, 0.4) is 0 Å². The Balaban J connectivity index is 1.57. The van der Waals surface area contributed by atoms with Gasteiger partial charge in [0.2, 0.25) is 5.91 Å². The van der Waals surface area contributed by atoms with Gasteiger partial charge >= 0.3 is 0 Å². The second-order valence-corrected chi connectivity index (χ2v) is 5.83. The third kappa shape index (κ3) is 5.38. The Bertz CT molecular complexity index is 461. The lowest BCUT2D eigenvalue weighted by Crippen LogP contribution is -2.32. The Kier molecular flexibility index (Phi) is 6.05. The molecule has 1 aromatic rings. The number of rotatable bonds is 7. The van der Waals surface area contributed by atoms with E-state index in [0.717, 1.165) is 25.0 Å². The molecule has 1 fully saturated rings. The minimum Gasteiger partial charge on any atom is -0.494 e. The zero-order valence-electron chi connectivity index (χ0n) is 12.7. The third-order valence-corrected chi connectivity index (χ3v) is 3.99. The SMILES string of the molecule is Cc1cccc(OCCCC(=O)NCC2CCCC2O)c1. The first-order chi connectivity index (χ1) is 10.1. The maximum Gasteiger partial charge on any atom is 0.220 e. The van der Waals surface area contributed by atoms with Crippen LogP contribution in [-0.4, -0.2) is 30.3 Å². The van der Waals surface area contributed by atoms with Crippen molar-refractivity contribution in [2.75, 3.05) is 13.2 Å². The molecule has 1 aliphatic rings. The number of ether oxygens (including phenoxy) is 1. The van der Waals surface area contributed by atoms with E-state index >= 15 is 0 Å². The molecule has 0 spiro atoms. The molecule has 0 heterocycles. The second-order valence-electron chi connectivity index (χ2n) is 5.83. The van der Waals surface area contributed by atoms with Crippen LogP contribution in [0.25, 0.3) is 0 Å². The fourth-order valence-electron chi connectivity index (χ4n) is 2.72. The lowest BCUT2D eigenvalue weighted by atomic mass is 10.1. The Morgan fingerprint density at radius 3 is 3.00 bits per heavy atom. The largest absolute Gasteiger partial charge is 0.494 e. The number of carbonyl (C=O) groups is 1. The van der Waals surface area contributed by atoms with E-state index in [0.29, 0.717) is 26.0 Å². The summed E-state index contributed by atoms with van der Waals surface area (Å²) in [5.74, 6) is 1.13. The first-order valence-corrected chi connectivity index (χ1v) is 7.79. The zero-order chi connectivity index (χ0) is 15.1. The van der Waals surface area contributed by atoms with Gasteiger partial charge in [-0.1, -0.05) is 18.6 Å². The van der Waals surface area contributed by atoms with E-state index in [2.05, 4.69) is 5.32 Å². The Morgan fingerprint density at radius 2 is 2.29 bits per heavy atom. The number of benzene rings is 1. The van der Waals surface area contributed by atoms with Gasteiger partial charge in [-0.05, 0) is 43.9 Å². The maximum absolute atomic E-state index is 11.7. The summed E-state index contributed by atoms with van der Waals surface area (Å²) in [7, 11) is 0. The van der Waals surface area contributed by atoms with Crippen molar-refractivity contribution < 1.29 is 14.6 Å². The molecule has 2 atom stereocenters. The molecule has 2 unspecified atom stereocenters. The average molecular weight is 291 g/mol. The van der Waals surface area contributed by atoms with Crippen molar-refractivity contribution in [3.63, 3.8) is 0 Å². The Morgan fingerprint density at radius 1 is 1.43 bits per heavy atom. The molecule has 1 saturated carbocycles. The van der Waals surface area contributed by atoms with Crippen LogP contribution in [0, 0.1) is 12.8 Å². The predicted octanol–water partition coefficient (Wildman–Crippen LogP) is 2.43. The van der Waals surface area contributed by atoms with Gasteiger partial charge in [0, 0.05) is 18.9 Å². The van der Waals surface area contributed by atoms with Crippen molar-refractivity contribution >= 4 is 5.91 Å². The molecular formula is C17H25NO3. The standard InChI is InChI=1S/C17H25NO3/c1-13-5-2-7-15(11-13)21-10-4-9-17(20)18-12-14-6-3-8-16(14)19/h2,5,7,11,14,16,19H,3-4,6,8-10,12H2,1H3,(H,18,20). The molecule has 1 aromatic carbocycles. The van der Waals surface area contributed by atoms with Gasteiger partial charge in [0.1, 0.15) is 5.75 Å². The van der Waals surface area contributed by atoms with E-state index in [1.54, 1.807) is 0 Å². The first-order valence-electron chi connectivity index (χ1n) is 7.79. The quantitative estimate of drug-likeness (QED) is 0.759. The van der Waals surface area contributed by atoms with E-state index in [9.17, 15) is 9.90 Å². The molecule has 1 amide bonds. The molecule has 0 aromatic heterocycles. The molecule has 0 bridgehead atoms. The van der Waals surface area contributed by atoms with Crippen molar-refractivity contribution in [3.8, 4) is 5.75 Å². The number of amides is 1. The summed E-state index contributed by atoms with van der Waals surface area (Å²) in [4.78, 5) is 11.7. The second kappa shape index (κ2) is 8.03. The first kappa shape index (κ1) is 15.8. The zero-order valence-corrected chi connectivity index (χ0v) is 12.7. The Labute approximate surface area is 126 Å². The molecule has 4 heteroatoms. The van der Waals surface area contributed by atoms with Crippen LogP contribution < -0.4 is 10.1 Å². The number of aryl methyl sites for hydroxylation is 1. The topological polar surface area (TPSA) is 58.6 Å². The number of hydrogen-bond acceptors (Lipinski definition) is 3. The van der Waals surface area contributed by atoms with E-state index in [4.69, 9.17) is 4.74 Å². The van der Waals surface area contributed by atoms with Gasteiger partial charge in [-0.3, -0.25) is 4.79 Å². The van der Waals surface area contributed by atoms with Crippen molar-refractivity contribution in [2.24, 2.45) is 5.92 Å². The smallest absolute Gasteiger partial charge is 0.220 e. The van der Waals surface area contributed by atoms with Gasteiger partial charge in [-0.2, -0.15) is 0 Å². The monoisotopic (exact) mass is 291 g/mol. The third-order valence-electron chi connectivity index (χ3n) is 3.99. The van der Waals surface area contributed by atoms with Crippen molar-refractivity contribution in [3.05, 3.63) is 29.8 Å². The van der Waals surface area contributed by atoms with Crippen LogP contribution in [0.4, 0.5) is 0 Å². The van der Waals surface area contributed by atoms with Gasteiger partial charge in [0.05, 0.1) is 12.7 Å². The molecule has 2 N–H and O–H groups in total. The lowest BCUT2D eigenvalue weighted by Gasteiger charge is -2.15. The van der Waals surface area contributed by atoms with Crippen LogP contribution in [-0.2, 0) is 4.79 Å². The predicted molar refractivity (Wildman–Crippen MR) is 82.3 cm³/mol. The molecule has 0 radical (unpaired) electrons. The van der Waals surface area contributed by atoms with E-state index in [-0.39, 0.29) is 17.9 Å². The highest BCUT2D eigenvalue weighted by molar-refractivity contribution is 5.75. The summed E-state index contributed by atoms with van der Waals surface area (Å²) in [5, 5.41) is 12.6. The van der Waals surface area contributed by atoms with Gasteiger partial charge in [0.15, 0.2) is 0 Å². The number of nitrogens with one attached hydrogen (secondary N) is 1. The van der Waals surface area contributed by atoms with Gasteiger partial charge in [0.25, 0.3) is 0 Å². The maximum atomic E-state index is 11.7. The van der Waals surface area contributed by atoms with Crippen LogP contribution in [0.5, 0.6) is 5.75 Å². The molecular weight excluding hydrogens is 266 g/mol. The van der Waals surface area contributed by atoms with Crippen LogP contribution >= 0.6 is 0 Å². The molecule has 116 valence electrons. The number of hydrogen-bond donors (Lipinski definition) is 2. The summed E-state index contributed by atoms with van der Waals surface area (Å²) in [5.41, 5.74) is 1.17. The normalized spacial score (nSPS) is 21.2. The van der Waals surface area contributed by atoms with Crippen LogP contribution in [0.1, 0.15) is 37.7 Å². The summed E-state index contributed by atoms with van der Waals surface area (Å²) in [6.45, 7) is 3.17. The fraction of sp³-hybridized carbons (Fsp3) is 0.588. The summed E-state index contributed by atoms with van der Waals surface area (Å²) < 4.78 is 5.61. The van der Waals surface area contributed by atoms with Gasteiger partial charge in [-0.25, -0.2) is 0 Å². The number of aliphatic hydroxyl groups is 1. The number of aliphatic hydroxyl groups excluding tert-OH is 1. The van der Waals surface area contributed by atoms with Gasteiger partial charge in [-0.15, -0.1) is 0 Å². The van der Waals surface area contributed by atoms with E-state index in [1.807, 2.05) is 31.2 Å². The summed E-state index contributed by atoms with van der Waals surface area (Å²) in [6, 6.07) is 7.90. The molecule has 0 saturated heterocycles. The molecule has 2 rings (SSSR count). The molecule has 0 aliphatic heterocycles. The molecule has 1 aliphatic carbocycles. The minimum absolute atomic E-state index is 0.0435. The molecule has 4 nitrogen and oxygen atoms in total. The fourth-order valence-corrected chi connectivity index (χ4v) is 2.72. The van der Waals surface area contributed by atoms with E-state index in [1.165, 1.54) is 5.56 Å². The van der Waals surface area contributed by atoms with Crippen molar-refractivity contribution in [1.82, 2.24) is 5.32 Å². The number of carbonyl (C=O) groups excluding carboxylic acids is 1. The average Bonchev–Trinajstić information content (AvgIpc) is 2.87.